The molecule has 204 valence electrons. The molecule has 0 aliphatic carbocycles. The summed E-state index contributed by atoms with van der Waals surface area (Å²) in [7, 11) is 0. The Kier molecular flexibility index (Phi) is 5.33. The number of benzene rings is 3. The summed E-state index contributed by atoms with van der Waals surface area (Å²) in [6, 6.07) is 18.5. The molecular formula is C33H33N3O4. The second kappa shape index (κ2) is 8.51. The SMILES string of the molecule is Cc1ccc2c(c1C)NC(=O)[C@]21N2CCC[C@H]2[C@@H](C(=O)c2ccc(OC(C)C)cc2)[C@]12C(=O)Nc1ccccc12. The number of Topliss-reactive ketones (excluding diaryl/α,β-unsaturated/α-hetero) is 1. The topological polar surface area (TPSA) is 87.7 Å². The Morgan fingerprint density at radius 2 is 1.70 bits per heavy atom. The maximum Gasteiger partial charge on any atom is 0.251 e. The van der Waals surface area contributed by atoms with E-state index in [0.29, 0.717) is 29.1 Å². The van der Waals surface area contributed by atoms with Crippen molar-refractivity contribution in [1.82, 2.24) is 4.90 Å². The zero-order chi connectivity index (χ0) is 28.0. The highest BCUT2D eigenvalue weighted by Gasteiger charge is 2.81. The van der Waals surface area contributed by atoms with E-state index in [1.165, 1.54) is 0 Å². The molecule has 7 nitrogen and oxygen atoms in total. The Labute approximate surface area is 233 Å². The minimum atomic E-state index is -1.43. The van der Waals surface area contributed by atoms with E-state index >= 15 is 0 Å². The summed E-state index contributed by atoms with van der Waals surface area (Å²) in [4.78, 5) is 46.1. The number of hydrogen-bond acceptors (Lipinski definition) is 5. The Morgan fingerprint density at radius 1 is 0.950 bits per heavy atom. The summed E-state index contributed by atoms with van der Waals surface area (Å²) in [6.07, 6.45) is 1.60. The molecule has 3 aromatic rings. The molecule has 0 unspecified atom stereocenters. The van der Waals surface area contributed by atoms with Crippen molar-refractivity contribution in [2.24, 2.45) is 5.92 Å². The molecule has 7 rings (SSSR count). The van der Waals surface area contributed by atoms with Crippen LogP contribution in [0.25, 0.3) is 0 Å². The third kappa shape index (κ3) is 2.91. The minimum absolute atomic E-state index is 0.0123. The van der Waals surface area contributed by atoms with Gasteiger partial charge in [-0.1, -0.05) is 30.3 Å². The first kappa shape index (κ1) is 25.0. The predicted octanol–water partition coefficient (Wildman–Crippen LogP) is 5.11. The standard InChI is InChI=1S/C33H33N3O4/c1-18(2)40-22-14-12-21(13-15-22)29(37)27-26-10-7-17-36(26)33(24-16-11-19(3)20(4)28(24)35-31(33)39)32(27)23-8-5-6-9-25(23)34-30(32)38/h5-6,8-9,11-16,18,26-27H,7,10,17H2,1-4H3,(H,34,38)(H,35,39)/t26-,27-,32+,33+/m0/s1. The van der Waals surface area contributed by atoms with Gasteiger partial charge in [0, 0.05) is 28.5 Å². The number of rotatable bonds is 4. The molecule has 40 heavy (non-hydrogen) atoms. The van der Waals surface area contributed by atoms with Gasteiger partial charge in [0.05, 0.1) is 12.0 Å². The van der Waals surface area contributed by atoms with Crippen LogP contribution >= 0.6 is 0 Å². The number of ketones is 1. The Morgan fingerprint density at radius 3 is 2.45 bits per heavy atom. The van der Waals surface area contributed by atoms with Crippen LogP contribution in [-0.2, 0) is 20.5 Å². The average Bonchev–Trinajstić information content (AvgIpc) is 3.65. The molecular weight excluding hydrogens is 502 g/mol. The van der Waals surface area contributed by atoms with Gasteiger partial charge in [-0.25, -0.2) is 0 Å². The molecule has 2 amide bonds. The predicted molar refractivity (Wildman–Crippen MR) is 153 cm³/mol. The molecule has 7 heteroatoms. The lowest BCUT2D eigenvalue weighted by atomic mass is 9.57. The van der Waals surface area contributed by atoms with Crippen LogP contribution in [0.3, 0.4) is 0 Å². The van der Waals surface area contributed by atoms with Crippen LogP contribution in [0.2, 0.25) is 0 Å². The smallest absolute Gasteiger partial charge is 0.251 e. The van der Waals surface area contributed by atoms with Gasteiger partial charge in [-0.05, 0) is 94.1 Å². The van der Waals surface area contributed by atoms with E-state index in [-0.39, 0.29) is 29.7 Å². The van der Waals surface area contributed by atoms with E-state index in [0.717, 1.165) is 35.2 Å². The fraction of sp³-hybridized carbons (Fsp3) is 0.364. The Bertz CT molecular complexity index is 1600. The summed E-state index contributed by atoms with van der Waals surface area (Å²) in [5.41, 5.74) is 2.70. The molecule has 0 saturated carbocycles. The van der Waals surface area contributed by atoms with E-state index in [9.17, 15) is 14.4 Å². The molecule has 2 N–H and O–H groups in total. The lowest BCUT2D eigenvalue weighted by Crippen LogP contribution is -2.62. The van der Waals surface area contributed by atoms with E-state index in [2.05, 4.69) is 15.5 Å². The maximum absolute atomic E-state index is 14.7. The van der Waals surface area contributed by atoms with Crippen molar-refractivity contribution in [2.75, 3.05) is 17.2 Å². The number of nitrogens with one attached hydrogen (secondary N) is 2. The number of hydrogen-bond donors (Lipinski definition) is 2. The molecule has 4 aliphatic heterocycles. The number of anilines is 2. The van der Waals surface area contributed by atoms with Gasteiger partial charge >= 0.3 is 0 Å². The molecule has 4 heterocycles. The lowest BCUT2D eigenvalue weighted by molar-refractivity contribution is -0.137. The highest BCUT2D eigenvalue weighted by atomic mass is 16.5. The number of para-hydroxylation sites is 1. The van der Waals surface area contributed by atoms with Crippen LogP contribution in [0.15, 0.2) is 60.7 Å². The largest absolute Gasteiger partial charge is 0.491 e. The fourth-order valence-corrected chi connectivity index (χ4v) is 8.05. The number of fused-ring (bicyclic) bond motifs is 7. The monoisotopic (exact) mass is 535 g/mol. The summed E-state index contributed by atoms with van der Waals surface area (Å²) in [5.74, 6) is -0.713. The summed E-state index contributed by atoms with van der Waals surface area (Å²) in [6.45, 7) is 8.57. The summed E-state index contributed by atoms with van der Waals surface area (Å²) in [5, 5.41) is 6.29. The quantitative estimate of drug-likeness (QED) is 0.454. The van der Waals surface area contributed by atoms with Crippen LogP contribution in [0.1, 0.15) is 59.3 Å². The molecule has 0 bridgehead atoms. The van der Waals surface area contributed by atoms with Gasteiger partial charge in [-0.15, -0.1) is 0 Å². The number of nitrogens with zero attached hydrogens (tertiary/aromatic N) is 1. The third-order valence-corrected chi connectivity index (χ3v) is 9.60. The fourth-order valence-electron chi connectivity index (χ4n) is 8.05. The van der Waals surface area contributed by atoms with Crippen molar-refractivity contribution in [1.29, 1.82) is 0 Å². The molecule has 0 aromatic heterocycles. The molecule has 4 atom stereocenters. The first-order chi connectivity index (χ1) is 19.2. The van der Waals surface area contributed by atoms with Gasteiger partial charge in [0.25, 0.3) is 5.91 Å². The maximum atomic E-state index is 14.7. The van der Waals surface area contributed by atoms with Crippen molar-refractivity contribution in [3.8, 4) is 5.75 Å². The van der Waals surface area contributed by atoms with Crippen LogP contribution in [0, 0.1) is 19.8 Å². The number of amides is 2. The molecule has 3 aromatic carbocycles. The second-order valence-corrected chi connectivity index (χ2v) is 11.8. The van der Waals surface area contributed by atoms with Gasteiger partial charge in [0.15, 0.2) is 5.78 Å². The molecule has 0 radical (unpaired) electrons. The van der Waals surface area contributed by atoms with E-state index < -0.39 is 16.9 Å². The zero-order valence-electron chi connectivity index (χ0n) is 23.2. The normalized spacial score (nSPS) is 28.1. The zero-order valence-corrected chi connectivity index (χ0v) is 23.2. The van der Waals surface area contributed by atoms with Gasteiger partial charge in [0.2, 0.25) is 5.91 Å². The van der Waals surface area contributed by atoms with Crippen molar-refractivity contribution in [2.45, 2.75) is 63.6 Å². The van der Waals surface area contributed by atoms with Crippen molar-refractivity contribution >= 4 is 29.0 Å². The Hall–Kier alpha value is -3.97. The molecule has 4 aliphatic rings. The number of carbonyl (C=O) groups is 3. The number of carbonyl (C=O) groups excluding carboxylic acids is 3. The first-order valence-electron chi connectivity index (χ1n) is 14.1. The second-order valence-electron chi connectivity index (χ2n) is 11.8. The highest BCUT2D eigenvalue weighted by molar-refractivity contribution is 6.21. The lowest BCUT2D eigenvalue weighted by Gasteiger charge is -2.43. The summed E-state index contributed by atoms with van der Waals surface area (Å²) >= 11 is 0. The first-order valence-corrected chi connectivity index (χ1v) is 14.1. The van der Waals surface area contributed by atoms with Gasteiger partial charge in [0.1, 0.15) is 16.7 Å². The molecule has 2 spiro atoms. The van der Waals surface area contributed by atoms with Gasteiger partial charge in [-0.2, -0.15) is 0 Å². The van der Waals surface area contributed by atoms with Crippen LogP contribution in [0.4, 0.5) is 11.4 Å². The number of aryl methyl sites for hydroxylation is 1. The van der Waals surface area contributed by atoms with Gasteiger partial charge < -0.3 is 15.4 Å². The van der Waals surface area contributed by atoms with E-state index in [1.54, 1.807) is 12.1 Å². The molecule has 2 fully saturated rings. The van der Waals surface area contributed by atoms with Crippen LogP contribution in [-0.4, -0.2) is 41.2 Å². The average molecular weight is 536 g/mol. The van der Waals surface area contributed by atoms with Gasteiger partial charge in [-0.3, -0.25) is 19.3 Å². The molecule has 2 saturated heterocycles. The van der Waals surface area contributed by atoms with Crippen LogP contribution < -0.4 is 15.4 Å². The Balaban J connectivity index is 1.51. The highest BCUT2D eigenvalue weighted by Crippen LogP contribution is 2.68. The van der Waals surface area contributed by atoms with E-state index in [4.69, 9.17) is 4.74 Å². The van der Waals surface area contributed by atoms with Crippen LogP contribution in [0.5, 0.6) is 5.75 Å². The third-order valence-electron chi connectivity index (χ3n) is 9.60. The van der Waals surface area contributed by atoms with Crippen molar-refractivity contribution in [3.63, 3.8) is 0 Å². The summed E-state index contributed by atoms with van der Waals surface area (Å²) < 4.78 is 5.81. The van der Waals surface area contributed by atoms with Crippen molar-refractivity contribution < 1.29 is 19.1 Å². The minimum Gasteiger partial charge on any atom is -0.491 e. The number of ether oxygens (including phenoxy) is 1. The van der Waals surface area contributed by atoms with E-state index in [1.807, 2.05) is 76.2 Å². The van der Waals surface area contributed by atoms with Crippen molar-refractivity contribution in [3.05, 3.63) is 88.5 Å².